The Bertz CT molecular complexity index is 112. The average molecular weight is 226 g/mol. The first-order chi connectivity index (χ1) is 7.72. The van der Waals surface area contributed by atoms with Crippen molar-refractivity contribution in [2.75, 3.05) is 0 Å². The summed E-state index contributed by atoms with van der Waals surface area (Å²) in [5.74, 6) is 1.89. The van der Waals surface area contributed by atoms with Gasteiger partial charge in [-0.15, -0.1) is 0 Å². The molecule has 0 fully saturated rings. The quantitative estimate of drug-likeness (QED) is 0.368. The minimum absolute atomic E-state index is 0.943. The maximum atomic E-state index is 2.45. The largest absolute Gasteiger partial charge is 0.0654 e. The molecule has 0 aliphatic heterocycles. The third kappa shape index (κ3) is 9.24. The number of hydrogen-bond acceptors (Lipinski definition) is 0. The van der Waals surface area contributed by atoms with Crippen molar-refractivity contribution in [3.8, 4) is 0 Å². The lowest BCUT2D eigenvalue weighted by Gasteiger charge is -2.19. The molecule has 0 nitrogen and oxygen atoms in total. The van der Waals surface area contributed by atoms with Gasteiger partial charge in [-0.2, -0.15) is 0 Å². The van der Waals surface area contributed by atoms with Crippen LogP contribution in [0.4, 0.5) is 0 Å². The van der Waals surface area contributed by atoms with Crippen LogP contribution in [0.3, 0.4) is 0 Å². The third-order valence-electron chi connectivity index (χ3n) is 4.00. The minimum Gasteiger partial charge on any atom is -0.0654 e. The van der Waals surface area contributed by atoms with E-state index in [9.17, 15) is 0 Å². The highest BCUT2D eigenvalue weighted by molar-refractivity contribution is 4.62. The monoisotopic (exact) mass is 226 g/mol. The second kappa shape index (κ2) is 11.5. The van der Waals surface area contributed by atoms with E-state index < -0.39 is 0 Å². The zero-order valence-corrected chi connectivity index (χ0v) is 12.2. The molecule has 0 saturated heterocycles. The van der Waals surface area contributed by atoms with Crippen molar-refractivity contribution < 1.29 is 0 Å². The molecule has 0 rings (SSSR count). The van der Waals surface area contributed by atoms with E-state index in [1.54, 1.807) is 0 Å². The lowest BCUT2D eigenvalue weighted by atomic mass is 9.87. The molecule has 0 heterocycles. The highest BCUT2D eigenvalue weighted by atomic mass is 14.2. The molecule has 2 atom stereocenters. The van der Waals surface area contributed by atoms with Gasteiger partial charge in [-0.05, 0) is 11.8 Å². The Labute approximate surface area is 104 Å². The Morgan fingerprint density at radius 1 is 0.562 bits per heavy atom. The fraction of sp³-hybridized carbons (Fsp3) is 1.00. The molecule has 0 bridgehead atoms. The van der Waals surface area contributed by atoms with Crippen LogP contribution in [0.25, 0.3) is 0 Å². The summed E-state index contributed by atoms with van der Waals surface area (Å²) in [7, 11) is 0. The summed E-state index contributed by atoms with van der Waals surface area (Å²) in [6.07, 6.45) is 14.3. The topological polar surface area (TPSA) is 0 Å². The van der Waals surface area contributed by atoms with Gasteiger partial charge in [0.05, 0.1) is 0 Å². The summed E-state index contributed by atoms with van der Waals surface area (Å²) >= 11 is 0. The van der Waals surface area contributed by atoms with Crippen LogP contribution < -0.4 is 0 Å². The molecule has 0 spiro atoms. The smallest absolute Gasteiger partial charge is 0.0417 e. The van der Waals surface area contributed by atoms with Gasteiger partial charge < -0.3 is 0 Å². The summed E-state index contributed by atoms with van der Waals surface area (Å²) in [6.45, 7) is 9.49. The normalized spacial score (nSPS) is 15.0. The van der Waals surface area contributed by atoms with Crippen molar-refractivity contribution in [1.82, 2.24) is 0 Å². The molecule has 16 heavy (non-hydrogen) atoms. The highest BCUT2D eigenvalue weighted by Gasteiger charge is 2.11. The molecule has 0 aromatic heterocycles. The summed E-state index contributed by atoms with van der Waals surface area (Å²) < 4.78 is 0. The number of rotatable bonds is 11. The van der Waals surface area contributed by atoms with Crippen LogP contribution in [0.5, 0.6) is 0 Å². The summed E-state index contributed by atoms with van der Waals surface area (Å²) in [5.41, 5.74) is 0. The predicted octanol–water partition coefficient (Wildman–Crippen LogP) is 6.20. The van der Waals surface area contributed by atoms with E-state index in [4.69, 9.17) is 0 Å². The molecule has 0 aromatic carbocycles. The fourth-order valence-electron chi connectivity index (χ4n) is 2.36. The van der Waals surface area contributed by atoms with Crippen LogP contribution in [0.2, 0.25) is 0 Å². The van der Waals surface area contributed by atoms with Crippen molar-refractivity contribution in [1.29, 1.82) is 0 Å². The molecule has 0 radical (unpaired) electrons. The van der Waals surface area contributed by atoms with E-state index in [1.165, 1.54) is 64.2 Å². The molecule has 0 N–H and O–H groups in total. The van der Waals surface area contributed by atoms with Gasteiger partial charge in [0, 0.05) is 0 Å². The van der Waals surface area contributed by atoms with Crippen LogP contribution in [-0.4, -0.2) is 0 Å². The van der Waals surface area contributed by atoms with Crippen LogP contribution in [0, 0.1) is 11.8 Å². The van der Waals surface area contributed by atoms with Crippen LogP contribution >= 0.6 is 0 Å². The Balaban J connectivity index is 3.38. The zero-order chi connectivity index (χ0) is 12.2. The van der Waals surface area contributed by atoms with Gasteiger partial charge in [-0.1, -0.05) is 91.9 Å². The van der Waals surface area contributed by atoms with Gasteiger partial charge in [0.1, 0.15) is 0 Å². The lowest BCUT2D eigenvalue weighted by Crippen LogP contribution is -2.08. The molecular formula is C16H34. The van der Waals surface area contributed by atoms with Gasteiger partial charge in [-0.25, -0.2) is 0 Å². The van der Waals surface area contributed by atoms with Crippen LogP contribution in [-0.2, 0) is 0 Å². The van der Waals surface area contributed by atoms with E-state index in [2.05, 4.69) is 27.7 Å². The van der Waals surface area contributed by atoms with E-state index in [0.717, 1.165) is 11.8 Å². The van der Waals surface area contributed by atoms with Crippen molar-refractivity contribution in [2.45, 2.75) is 91.9 Å². The first kappa shape index (κ1) is 16.0. The second-order valence-corrected chi connectivity index (χ2v) is 5.65. The van der Waals surface area contributed by atoms with E-state index in [0.29, 0.717) is 0 Å². The number of hydrogen-bond donors (Lipinski definition) is 0. The Morgan fingerprint density at radius 2 is 0.938 bits per heavy atom. The molecule has 0 unspecified atom stereocenters. The van der Waals surface area contributed by atoms with Crippen molar-refractivity contribution in [3.63, 3.8) is 0 Å². The Morgan fingerprint density at radius 3 is 1.25 bits per heavy atom. The van der Waals surface area contributed by atoms with Gasteiger partial charge >= 0.3 is 0 Å². The zero-order valence-electron chi connectivity index (χ0n) is 12.2. The SMILES string of the molecule is CCCCCC[C@@H](C)[C@H](C)CCCCCC. The highest BCUT2D eigenvalue weighted by Crippen LogP contribution is 2.23. The van der Waals surface area contributed by atoms with Gasteiger partial charge in [0.25, 0.3) is 0 Å². The molecule has 0 aliphatic carbocycles. The van der Waals surface area contributed by atoms with Gasteiger partial charge in [0.15, 0.2) is 0 Å². The summed E-state index contributed by atoms with van der Waals surface area (Å²) in [4.78, 5) is 0. The average Bonchev–Trinajstić information content (AvgIpc) is 2.29. The van der Waals surface area contributed by atoms with Crippen molar-refractivity contribution in [3.05, 3.63) is 0 Å². The minimum atomic E-state index is 0.943. The Hall–Kier alpha value is 0. The van der Waals surface area contributed by atoms with Gasteiger partial charge in [-0.3, -0.25) is 0 Å². The summed E-state index contributed by atoms with van der Waals surface area (Å²) in [5, 5.41) is 0. The van der Waals surface area contributed by atoms with Crippen LogP contribution in [0.1, 0.15) is 91.9 Å². The summed E-state index contributed by atoms with van der Waals surface area (Å²) in [6, 6.07) is 0. The third-order valence-corrected chi connectivity index (χ3v) is 4.00. The second-order valence-electron chi connectivity index (χ2n) is 5.65. The van der Waals surface area contributed by atoms with E-state index in [-0.39, 0.29) is 0 Å². The van der Waals surface area contributed by atoms with Crippen molar-refractivity contribution >= 4 is 0 Å². The molecule has 0 amide bonds. The Kier molecular flexibility index (Phi) is 11.5. The molecule has 0 saturated carbocycles. The lowest BCUT2D eigenvalue weighted by molar-refractivity contribution is 0.323. The maximum absolute atomic E-state index is 2.45. The standard InChI is InChI=1S/C16H34/c1-5-7-9-11-13-15(3)16(4)14-12-10-8-6-2/h15-16H,5-14H2,1-4H3/t15-,16-/m1/s1. The molecule has 0 aromatic rings. The number of unbranched alkanes of at least 4 members (excludes halogenated alkanes) is 6. The van der Waals surface area contributed by atoms with Crippen LogP contribution in [0.15, 0.2) is 0 Å². The van der Waals surface area contributed by atoms with Crippen molar-refractivity contribution in [2.24, 2.45) is 11.8 Å². The van der Waals surface area contributed by atoms with E-state index >= 15 is 0 Å². The molecular weight excluding hydrogens is 192 g/mol. The molecule has 0 aliphatic rings. The first-order valence-electron chi connectivity index (χ1n) is 7.72. The molecule has 98 valence electrons. The maximum Gasteiger partial charge on any atom is -0.0417 e. The fourth-order valence-corrected chi connectivity index (χ4v) is 2.36. The predicted molar refractivity (Wildman–Crippen MR) is 75.8 cm³/mol. The van der Waals surface area contributed by atoms with Gasteiger partial charge in [0.2, 0.25) is 0 Å². The van der Waals surface area contributed by atoms with E-state index in [1.807, 2.05) is 0 Å². The molecule has 0 heteroatoms. The first-order valence-corrected chi connectivity index (χ1v) is 7.72.